The van der Waals surface area contributed by atoms with Crippen LogP contribution in [0.15, 0.2) is 84.5 Å². The molecule has 4 heterocycles. The molecule has 11 nitrogen and oxygen atoms in total. The zero-order valence-electron chi connectivity index (χ0n) is 27.5. The zero-order chi connectivity index (χ0) is 34.2. The highest BCUT2D eigenvalue weighted by atomic mass is 16.6. The normalized spacial score (nSPS) is 32.9. The lowest BCUT2D eigenvalue weighted by Crippen LogP contribution is -2.33. The van der Waals surface area contributed by atoms with Crippen molar-refractivity contribution in [1.82, 2.24) is 0 Å². The van der Waals surface area contributed by atoms with Crippen molar-refractivity contribution in [3.8, 4) is 0 Å². The first-order valence-electron chi connectivity index (χ1n) is 16.6. The third kappa shape index (κ3) is 10.3. The summed E-state index contributed by atoms with van der Waals surface area (Å²) >= 11 is 0. The first kappa shape index (κ1) is 35.4. The Morgan fingerprint density at radius 2 is 1.92 bits per heavy atom. The number of benzene rings is 1. The minimum atomic E-state index is -1.14. The highest BCUT2D eigenvalue weighted by Gasteiger charge is 2.49. The molecule has 1 saturated heterocycles. The Bertz CT molecular complexity index is 1450. The van der Waals surface area contributed by atoms with Crippen LogP contribution >= 0.6 is 0 Å². The number of nitrogens with zero attached hydrogens (tertiary/aromatic N) is 1. The molecule has 1 aromatic carbocycles. The third-order valence-corrected chi connectivity index (χ3v) is 8.99. The lowest BCUT2D eigenvalue weighted by Gasteiger charge is -2.28. The van der Waals surface area contributed by atoms with Gasteiger partial charge in [-0.15, -0.1) is 0 Å². The summed E-state index contributed by atoms with van der Waals surface area (Å²) in [6.07, 6.45) is 12.4. The van der Waals surface area contributed by atoms with Crippen molar-refractivity contribution in [3.05, 3.63) is 100 Å². The second-order valence-electron chi connectivity index (χ2n) is 13.2. The number of carbonyl (C=O) groups excluding carboxylic acids is 2. The summed E-state index contributed by atoms with van der Waals surface area (Å²) in [6.45, 7) is 8.95. The number of non-ortho nitro benzene ring substituents is 1. The van der Waals surface area contributed by atoms with Crippen molar-refractivity contribution in [2.45, 2.75) is 108 Å². The quantitative estimate of drug-likeness (QED) is 0.129. The van der Waals surface area contributed by atoms with Gasteiger partial charge < -0.3 is 28.8 Å². The monoisotopic (exact) mass is 663 g/mol. The lowest BCUT2D eigenvalue weighted by atomic mass is 9.90. The van der Waals surface area contributed by atoms with Crippen molar-refractivity contribution >= 4 is 17.6 Å². The molecule has 4 aliphatic rings. The van der Waals surface area contributed by atoms with Crippen LogP contribution in [-0.4, -0.2) is 77.4 Å². The molecule has 0 spiro atoms. The van der Waals surface area contributed by atoms with E-state index in [1.165, 1.54) is 35.9 Å². The van der Waals surface area contributed by atoms with E-state index in [9.17, 15) is 24.8 Å². The summed E-state index contributed by atoms with van der Waals surface area (Å²) in [5.74, 6) is -0.994. The molecule has 0 saturated carbocycles. The van der Waals surface area contributed by atoms with E-state index in [0.717, 1.165) is 18.4 Å². The van der Waals surface area contributed by atoms with E-state index in [1.54, 1.807) is 18.2 Å². The molecule has 0 aliphatic carbocycles. The topological polar surface area (TPSA) is 147 Å². The Morgan fingerprint density at radius 1 is 1.12 bits per heavy atom. The van der Waals surface area contributed by atoms with Gasteiger partial charge in [0.15, 0.2) is 0 Å². The van der Waals surface area contributed by atoms with Crippen molar-refractivity contribution in [3.63, 3.8) is 0 Å². The first-order chi connectivity index (χ1) is 23.0. The first-order valence-corrected chi connectivity index (χ1v) is 16.6. The summed E-state index contributed by atoms with van der Waals surface area (Å²) in [6, 6.07) is 5.22. The Balaban J connectivity index is 1.35. The van der Waals surface area contributed by atoms with E-state index >= 15 is 0 Å². The van der Waals surface area contributed by atoms with E-state index in [2.05, 4.69) is 19.6 Å². The van der Waals surface area contributed by atoms with Gasteiger partial charge in [-0.25, -0.2) is 9.59 Å². The van der Waals surface area contributed by atoms with E-state index in [4.69, 9.17) is 23.7 Å². The van der Waals surface area contributed by atoms with Crippen molar-refractivity contribution in [2.24, 2.45) is 5.92 Å². The highest BCUT2D eigenvalue weighted by molar-refractivity contribution is 5.89. The van der Waals surface area contributed by atoms with Crippen LogP contribution in [0.1, 0.15) is 69.2 Å². The van der Waals surface area contributed by atoms with E-state index in [-0.39, 0.29) is 41.9 Å². The van der Waals surface area contributed by atoms with Gasteiger partial charge in [0.1, 0.15) is 24.4 Å². The number of fused-ring (bicyclic) bond motifs is 3. The predicted molar refractivity (Wildman–Crippen MR) is 177 cm³/mol. The number of nitro groups is 1. The molecule has 0 aromatic heterocycles. The molecule has 9 atom stereocenters. The fourth-order valence-corrected chi connectivity index (χ4v) is 6.46. The molecular formula is C37H45NO10. The molecule has 5 rings (SSSR count). The summed E-state index contributed by atoms with van der Waals surface area (Å²) in [5.41, 5.74) is 2.11. The molecule has 11 heteroatoms. The molecule has 4 aliphatic heterocycles. The lowest BCUT2D eigenvalue weighted by molar-refractivity contribution is -0.384. The number of aliphatic hydroxyl groups is 1. The van der Waals surface area contributed by atoms with Gasteiger partial charge >= 0.3 is 11.9 Å². The standard InChI is InChI=1S/C37H45NO10/c1-23-16-17-44-29(19-23)14-15-31(39)32-22-34-36(47-34)33(48-37(41)26-10-12-27(13-11-26)38(42)43)21-25(3)18-24(2)20-30-8-4-6-28(45-30)7-5-9-35(40)46-32/h4-6,9-16,24,28-34,36,39H,3,7-8,17-22H2,1-2H3/b9-5-,15-14+/t24-,28-,29+,30-,31-,32-,33+,34+,36+/m0/s1. The number of carbonyl (C=O) groups is 2. The second-order valence-corrected chi connectivity index (χ2v) is 13.2. The van der Waals surface area contributed by atoms with Crippen LogP contribution in [0.5, 0.6) is 0 Å². The number of rotatable bonds is 6. The highest BCUT2D eigenvalue weighted by Crippen LogP contribution is 2.37. The van der Waals surface area contributed by atoms with Gasteiger partial charge in [0.25, 0.3) is 5.69 Å². The van der Waals surface area contributed by atoms with Gasteiger partial charge in [-0.3, -0.25) is 10.1 Å². The number of cyclic esters (lactones) is 1. The van der Waals surface area contributed by atoms with Gasteiger partial charge in [0.2, 0.25) is 0 Å². The molecule has 2 bridgehead atoms. The number of hydrogen-bond acceptors (Lipinski definition) is 10. The summed E-state index contributed by atoms with van der Waals surface area (Å²) in [7, 11) is 0. The van der Waals surface area contributed by atoms with Crippen molar-refractivity contribution in [1.29, 1.82) is 0 Å². The van der Waals surface area contributed by atoms with Gasteiger partial charge in [-0.05, 0) is 57.1 Å². The van der Waals surface area contributed by atoms with Gasteiger partial charge in [-0.1, -0.05) is 61.1 Å². The average molecular weight is 664 g/mol. The minimum Gasteiger partial charge on any atom is -0.456 e. The van der Waals surface area contributed by atoms with Crippen LogP contribution < -0.4 is 0 Å². The molecular weight excluding hydrogens is 618 g/mol. The molecule has 0 unspecified atom stereocenters. The number of ether oxygens (including phenoxy) is 5. The molecule has 1 fully saturated rings. The third-order valence-electron chi connectivity index (χ3n) is 8.99. The van der Waals surface area contributed by atoms with Gasteiger partial charge in [0.05, 0.1) is 41.5 Å². The molecule has 1 N–H and O–H groups in total. The number of aliphatic hydroxyl groups excluding tert-OH is 1. The Labute approximate surface area is 281 Å². The van der Waals surface area contributed by atoms with E-state index in [0.29, 0.717) is 32.3 Å². The Kier molecular flexibility index (Phi) is 12.2. The van der Waals surface area contributed by atoms with Crippen LogP contribution in [0, 0.1) is 16.0 Å². The van der Waals surface area contributed by atoms with Gasteiger partial charge in [-0.2, -0.15) is 0 Å². The van der Waals surface area contributed by atoms with E-state index < -0.39 is 47.4 Å². The van der Waals surface area contributed by atoms with Crippen LogP contribution in [0.4, 0.5) is 5.69 Å². The predicted octanol–water partition coefficient (Wildman–Crippen LogP) is 5.88. The van der Waals surface area contributed by atoms with Crippen LogP contribution in [0.25, 0.3) is 0 Å². The summed E-state index contributed by atoms with van der Waals surface area (Å²) < 4.78 is 29.8. The SMILES string of the molecule is C=C1C[C@H](C)C[C@@H]2CC=C[C@@H](C/C=C\C(=O)O[C@H]([C@@H](O)/C=C/[C@@H]3CC(C)=CCO3)C[C@H]3O[C@@H]3[C@H](OC(=O)c3ccc([N+](=O)[O-])cc3)C1)O2. The average Bonchev–Trinajstić information content (AvgIpc) is 3.82. The zero-order valence-corrected chi connectivity index (χ0v) is 27.5. The fourth-order valence-electron chi connectivity index (χ4n) is 6.46. The van der Waals surface area contributed by atoms with Gasteiger partial charge in [0, 0.05) is 31.1 Å². The maximum Gasteiger partial charge on any atom is 0.338 e. The smallest absolute Gasteiger partial charge is 0.338 e. The Morgan fingerprint density at radius 3 is 2.67 bits per heavy atom. The summed E-state index contributed by atoms with van der Waals surface area (Å²) in [5, 5.41) is 22.3. The number of hydrogen-bond donors (Lipinski definition) is 1. The van der Waals surface area contributed by atoms with Crippen molar-refractivity contribution in [2.75, 3.05) is 6.61 Å². The molecule has 258 valence electrons. The largest absolute Gasteiger partial charge is 0.456 e. The van der Waals surface area contributed by atoms with E-state index in [1.807, 2.05) is 19.1 Å². The number of esters is 2. The Hall–Kier alpha value is -3.90. The molecule has 0 radical (unpaired) electrons. The molecule has 1 aromatic rings. The molecule has 0 amide bonds. The second kappa shape index (κ2) is 16.5. The fraction of sp³-hybridized carbons (Fsp3) is 0.514. The maximum atomic E-state index is 13.2. The van der Waals surface area contributed by atoms with Crippen LogP contribution in [-0.2, 0) is 28.5 Å². The van der Waals surface area contributed by atoms with Crippen LogP contribution in [0.2, 0.25) is 0 Å². The summed E-state index contributed by atoms with van der Waals surface area (Å²) in [4.78, 5) is 36.7. The van der Waals surface area contributed by atoms with Crippen molar-refractivity contribution < 1.29 is 43.3 Å². The van der Waals surface area contributed by atoms with Crippen LogP contribution in [0.3, 0.4) is 0 Å². The number of nitro benzene ring substituents is 1. The number of epoxide rings is 1. The maximum absolute atomic E-state index is 13.2. The molecule has 48 heavy (non-hydrogen) atoms. The minimum absolute atomic E-state index is 0.0210.